The van der Waals surface area contributed by atoms with Crippen LogP contribution in [0.15, 0.2) is 53.1 Å². The molecular weight excluding hydrogens is 308 g/mol. The van der Waals surface area contributed by atoms with Gasteiger partial charge in [-0.05, 0) is 25.1 Å². The summed E-state index contributed by atoms with van der Waals surface area (Å²) in [5.74, 6) is 1.57. The topological polar surface area (TPSA) is 94.1 Å². The highest BCUT2D eigenvalue weighted by molar-refractivity contribution is 5.55. The molecule has 0 atom stereocenters. The maximum Gasteiger partial charge on any atom is 0.311 e. The Bertz CT molecular complexity index is 846. The summed E-state index contributed by atoms with van der Waals surface area (Å²) < 4.78 is 5.70. The molecule has 2 heterocycles. The number of hydrogen-bond acceptors (Lipinski definition) is 6. The van der Waals surface area contributed by atoms with E-state index >= 15 is 0 Å². The third-order valence-electron chi connectivity index (χ3n) is 3.55. The monoisotopic (exact) mass is 324 g/mol. The zero-order valence-corrected chi connectivity index (χ0v) is 13.1. The van der Waals surface area contributed by atoms with Crippen molar-refractivity contribution in [2.45, 2.75) is 13.3 Å². The first-order valence-corrected chi connectivity index (χ1v) is 7.50. The van der Waals surface area contributed by atoms with Crippen molar-refractivity contribution in [2.75, 3.05) is 11.9 Å². The highest BCUT2D eigenvalue weighted by Gasteiger charge is 2.15. The molecule has 1 N–H and O–H groups in total. The molecule has 24 heavy (non-hydrogen) atoms. The smallest absolute Gasteiger partial charge is 0.311 e. The maximum atomic E-state index is 11.0. The fourth-order valence-electron chi connectivity index (χ4n) is 2.34. The van der Waals surface area contributed by atoms with Crippen LogP contribution in [0.3, 0.4) is 0 Å². The lowest BCUT2D eigenvalue weighted by Gasteiger charge is -2.04. The second-order valence-electron chi connectivity index (χ2n) is 5.19. The molecule has 3 rings (SSSR count). The summed E-state index contributed by atoms with van der Waals surface area (Å²) in [4.78, 5) is 19.0. The highest BCUT2D eigenvalue weighted by Crippen LogP contribution is 2.23. The van der Waals surface area contributed by atoms with Crippen LogP contribution in [-0.2, 0) is 6.42 Å². The average Bonchev–Trinajstić information content (AvgIpc) is 2.97. The van der Waals surface area contributed by atoms with E-state index in [2.05, 4.69) is 15.3 Å². The number of oxazole rings is 1. The number of aromatic nitrogens is 2. The Labute approximate surface area is 138 Å². The van der Waals surface area contributed by atoms with Crippen molar-refractivity contribution < 1.29 is 9.34 Å². The van der Waals surface area contributed by atoms with Gasteiger partial charge in [0.15, 0.2) is 0 Å². The second kappa shape index (κ2) is 6.91. The van der Waals surface area contributed by atoms with E-state index in [0.717, 1.165) is 17.0 Å². The zero-order chi connectivity index (χ0) is 16.9. The van der Waals surface area contributed by atoms with Gasteiger partial charge in [0.25, 0.3) is 0 Å². The van der Waals surface area contributed by atoms with Gasteiger partial charge in [-0.2, -0.15) is 0 Å². The largest absolute Gasteiger partial charge is 0.441 e. The molecular formula is C17H16N4O3. The van der Waals surface area contributed by atoms with E-state index in [-0.39, 0.29) is 11.5 Å². The van der Waals surface area contributed by atoms with E-state index in [9.17, 15) is 10.1 Å². The number of nitrogens with zero attached hydrogens (tertiary/aromatic N) is 3. The van der Waals surface area contributed by atoms with Crippen LogP contribution in [0.1, 0.15) is 11.5 Å². The SMILES string of the molecule is Cc1oc(-c2ccccc2)nc1CCNc1ncccc1[N+](=O)[O-]. The third-order valence-corrected chi connectivity index (χ3v) is 3.55. The number of hydrogen-bond donors (Lipinski definition) is 1. The summed E-state index contributed by atoms with van der Waals surface area (Å²) in [6, 6.07) is 12.6. The number of nitro groups is 1. The van der Waals surface area contributed by atoms with Gasteiger partial charge in [0.1, 0.15) is 5.76 Å². The third kappa shape index (κ3) is 3.40. The number of pyridine rings is 1. The van der Waals surface area contributed by atoms with Crippen LogP contribution in [0.4, 0.5) is 11.5 Å². The summed E-state index contributed by atoms with van der Waals surface area (Å²) >= 11 is 0. The van der Waals surface area contributed by atoms with Crippen LogP contribution in [0.5, 0.6) is 0 Å². The first-order valence-electron chi connectivity index (χ1n) is 7.50. The normalized spacial score (nSPS) is 10.5. The second-order valence-corrected chi connectivity index (χ2v) is 5.19. The lowest BCUT2D eigenvalue weighted by atomic mass is 10.2. The van der Waals surface area contributed by atoms with Crippen molar-refractivity contribution >= 4 is 11.5 Å². The van der Waals surface area contributed by atoms with Gasteiger partial charge >= 0.3 is 5.69 Å². The lowest BCUT2D eigenvalue weighted by Crippen LogP contribution is -2.09. The first-order chi connectivity index (χ1) is 11.6. The van der Waals surface area contributed by atoms with Gasteiger partial charge in [-0.25, -0.2) is 9.97 Å². The Morgan fingerprint density at radius 2 is 2.00 bits per heavy atom. The number of aryl methyl sites for hydroxylation is 1. The van der Waals surface area contributed by atoms with E-state index < -0.39 is 4.92 Å². The predicted octanol–water partition coefficient (Wildman–Crippen LogP) is 3.61. The molecule has 3 aromatic rings. The minimum Gasteiger partial charge on any atom is -0.441 e. The summed E-state index contributed by atoms with van der Waals surface area (Å²) in [5.41, 5.74) is 1.69. The molecule has 7 nitrogen and oxygen atoms in total. The van der Waals surface area contributed by atoms with Crippen LogP contribution in [0.2, 0.25) is 0 Å². The Morgan fingerprint density at radius 3 is 2.75 bits per heavy atom. The fraction of sp³-hybridized carbons (Fsp3) is 0.176. The van der Waals surface area contributed by atoms with Crippen LogP contribution < -0.4 is 5.32 Å². The molecule has 0 aliphatic carbocycles. The molecule has 0 bridgehead atoms. The number of nitrogens with one attached hydrogen (secondary N) is 1. The van der Waals surface area contributed by atoms with Crippen molar-refractivity contribution in [2.24, 2.45) is 0 Å². The van der Waals surface area contributed by atoms with Gasteiger partial charge in [-0.15, -0.1) is 0 Å². The number of rotatable bonds is 6. The fourth-order valence-corrected chi connectivity index (χ4v) is 2.34. The van der Waals surface area contributed by atoms with Gasteiger partial charge in [-0.1, -0.05) is 18.2 Å². The summed E-state index contributed by atoms with van der Waals surface area (Å²) in [6.45, 7) is 2.33. The highest BCUT2D eigenvalue weighted by atomic mass is 16.6. The van der Waals surface area contributed by atoms with Crippen LogP contribution in [0, 0.1) is 17.0 Å². The van der Waals surface area contributed by atoms with Gasteiger partial charge in [0, 0.05) is 30.8 Å². The summed E-state index contributed by atoms with van der Waals surface area (Å²) in [6.07, 6.45) is 2.10. The maximum absolute atomic E-state index is 11.0. The molecule has 0 unspecified atom stereocenters. The van der Waals surface area contributed by atoms with E-state index in [1.165, 1.54) is 18.3 Å². The van der Waals surface area contributed by atoms with Crippen LogP contribution in [-0.4, -0.2) is 21.4 Å². The predicted molar refractivity (Wildman–Crippen MR) is 89.8 cm³/mol. The van der Waals surface area contributed by atoms with Gasteiger partial charge in [-0.3, -0.25) is 10.1 Å². The molecule has 0 saturated carbocycles. The quantitative estimate of drug-likeness (QED) is 0.550. The average molecular weight is 324 g/mol. The van der Waals surface area contributed by atoms with E-state index in [1.807, 2.05) is 37.3 Å². The van der Waals surface area contributed by atoms with E-state index in [4.69, 9.17) is 4.42 Å². The molecule has 122 valence electrons. The lowest BCUT2D eigenvalue weighted by molar-refractivity contribution is -0.384. The summed E-state index contributed by atoms with van der Waals surface area (Å²) in [5, 5.41) is 14.0. The van der Waals surface area contributed by atoms with Crippen molar-refractivity contribution in [3.63, 3.8) is 0 Å². The number of anilines is 1. The molecule has 0 fully saturated rings. The van der Waals surface area contributed by atoms with Gasteiger partial charge < -0.3 is 9.73 Å². The molecule has 0 saturated heterocycles. The Balaban J connectivity index is 1.68. The van der Waals surface area contributed by atoms with Crippen LogP contribution >= 0.6 is 0 Å². The standard InChI is InChI=1S/C17H16N4O3/c1-12-14(20-17(24-12)13-6-3-2-4-7-13)9-11-19-16-15(21(22)23)8-5-10-18-16/h2-8,10H,9,11H2,1H3,(H,18,19). The summed E-state index contributed by atoms with van der Waals surface area (Å²) in [7, 11) is 0. The van der Waals surface area contributed by atoms with Crippen LogP contribution in [0.25, 0.3) is 11.5 Å². The Kier molecular flexibility index (Phi) is 4.51. The molecule has 0 spiro atoms. The number of benzene rings is 1. The van der Waals surface area contributed by atoms with Crippen molar-refractivity contribution in [1.82, 2.24) is 9.97 Å². The van der Waals surface area contributed by atoms with Crippen molar-refractivity contribution in [1.29, 1.82) is 0 Å². The molecule has 0 aliphatic rings. The zero-order valence-electron chi connectivity index (χ0n) is 13.1. The minimum atomic E-state index is -0.454. The molecule has 0 aliphatic heterocycles. The van der Waals surface area contributed by atoms with Crippen molar-refractivity contribution in [3.05, 3.63) is 70.2 Å². The van der Waals surface area contributed by atoms with E-state index in [0.29, 0.717) is 18.9 Å². The van der Waals surface area contributed by atoms with Gasteiger partial charge in [0.2, 0.25) is 11.7 Å². The molecule has 7 heteroatoms. The van der Waals surface area contributed by atoms with Gasteiger partial charge in [0.05, 0.1) is 10.6 Å². The molecule has 0 amide bonds. The van der Waals surface area contributed by atoms with E-state index in [1.54, 1.807) is 0 Å². The Morgan fingerprint density at radius 1 is 1.21 bits per heavy atom. The van der Waals surface area contributed by atoms with Crippen molar-refractivity contribution in [3.8, 4) is 11.5 Å². The Hall–Kier alpha value is -3.22. The molecule has 0 radical (unpaired) electrons. The molecule has 1 aromatic carbocycles. The minimum absolute atomic E-state index is 0.0423. The molecule has 2 aromatic heterocycles. The first kappa shape index (κ1) is 15.7.